The number of aromatic nitrogens is 4. The quantitative estimate of drug-likeness (QED) is 0.509. The highest BCUT2D eigenvalue weighted by molar-refractivity contribution is 6.30. The van der Waals surface area contributed by atoms with Crippen LogP contribution in [0.15, 0.2) is 30.3 Å². The van der Waals surface area contributed by atoms with Crippen LogP contribution in [0.4, 0.5) is 24.9 Å². The fraction of sp³-hybridized carbons (Fsp3) is 0.480. The van der Waals surface area contributed by atoms with Crippen molar-refractivity contribution in [2.24, 2.45) is 5.41 Å². The molecule has 2 saturated heterocycles. The minimum absolute atomic E-state index is 0.0467. The maximum absolute atomic E-state index is 13.6. The monoisotopic (exact) mass is 517 g/mol. The van der Waals surface area contributed by atoms with E-state index in [2.05, 4.69) is 44.0 Å². The van der Waals surface area contributed by atoms with Crippen molar-refractivity contribution < 1.29 is 13.2 Å². The van der Waals surface area contributed by atoms with Gasteiger partial charge in [-0.05, 0) is 62.2 Å². The minimum atomic E-state index is -4.35. The van der Waals surface area contributed by atoms with E-state index < -0.39 is 12.2 Å². The summed E-state index contributed by atoms with van der Waals surface area (Å²) in [5, 5.41) is 9.26. The highest BCUT2D eigenvalue weighted by atomic mass is 35.5. The van der Waals surface area contributed by atoms with E-state index in [0.29, 0.717) is 16.8 Å². The van der Waals surface area contributed by atoms with Gasteiger partial charge in [0.05, 0.1) is 12.2 Å². The number of anilines is 2. The third kappa shape index (κ3) is 3.91. The molecule has 0 bridgehead atoms. The molecule has 3 aliphatic heterocycles. The van der Waals surface area contributed by atoms with Crippen molar-refractivity contribution in [1.29, 1.82) is 0 Å². The summed E-state index contributed by atoms with van der Waals surface area (Å²) in [6, 6.07) is 7.91. The first kappa shape index (κ1) is 23.5. The van der Waals surface area contributed by atoms with Crippen LogP contribution in [0.3, 0.4) is 0 Å². The first-order chi connectivity index (χ1) is 17.0. The van der Waals surface area contributed by atoms with E-state index in [9.17, 15) is 13.2 Å². The Kier molecular flexibility index (Phi) is 5.28. The molecule has 1 spiro atoms. The molecule has 11 heteroatoms. The smallest absolute Gasteiger partial charge is 0.355 e. The lowest BCUT2D eigenvalue weighted by Crippen LogP contribution is -2.73. The summed E-state index contributed by atoms with van der Waals surface area (Å²) >= 11 is 6.23. The zero-order valence-corrected chi connectivity index (χ0v) is 21.1. The van der Waals surface area contributed by atoms with Crippen molar-refractivity contribution in [2.45, 2.75) is 46.1 Å². The number of nitrogens with zero attached hydrogens (tertiary/aromatic N) is 7. The molecule has 5 heterocycles. The van der Waals surface area contributed by atoms with E-state index in [1.165, 1.54) is 17.4 Å². The molecule has 1 atom stereocenters. The number of pyridine rings is 1. The second-order valence-electron chi connectivity index (χ2n) is 10.5. The van der Waals surface area contributed by atoms with Gasteiger partial charge >= 0.3 is 6.18 Å². The zero-order valence-electron chi connectivity index (χ0n) is 20.3. The fourth-order valence-corrected chi connectivity index (χ4v) is 5.90. The van der Waals surface area contributed by atoms with Gasteiger partial charge in [0.25, 0.3) is 0 Å². The second kappa shape index (κ2) is 8.08. The molecule has 2 fully saturated rings. The average Bonchev–Trinajstić information content (AvgIpc) is 3.05. The van der Waals surface area contributed by atoms with Crippen LogP contribution >= 0.6 is 11.6 Å². The molecule has 0 N–H and O–H groups in total. The lowest BCUT2D eigenvalue weighted by Gasteiger charge is -2.60. The van der Waals surface area contributed by atoms with Gasteiger partial charge in [-0.2, -0.15) is 13.2 Å². The van der Waals surface area contributed by atoms with Crippen molar-refractivity contribution >= 4 is 23.4 Å². The molecule has 36 heavy (non-hydrogen) atoms. The lowest BCUT2D eigenvalue weighted by molar-refractivity contribution is -0.182. The Morgan fingerprint density at radius 1 is 0.972 bits per heavy atom. The maximum atomic E-state index is 13.6. The fourth-order valence-electron chi connectivity index (χ4n) is 5.71. The molecule has 3 aliphatic rings. The summed E-state index contributed by atoms with van der Waals surface area (Å²) in [6.07, 6.45) is -4.35. The van der Waals surface area contributed by atoms with Crippen LogP contribution < -0.4 is 9.80 Å². The van der Waals surface area contributed by atoms with Gasteiger partial charge in [0.2, 0.25) is 5.95 Å². The molecular formula is C25H27ClF3N7. The topological polar surface area (TPSA) is 53.3 Å². The number of hydrogen-bond donors (Lipinski definition) is 0. The number of hydrogen-bond acceptors (Lipinski definition) is 6. The van der Waals surface area contributed by atoms with Crippen LogP contribution in [0.2, 0.25) is 5.02 Å². The van der Waals surface area contributed by atoms with Gasteiger partial charge in [-0.15, -0.1) is 10.2 Å². The van der Waals surface area contributed by atoms with E-state index in [1.807, 2.05) is 17.6 Å². The van der Waals surface area contributed by atoms with Crippen LogP contribution in [0.25, 0.3) is 5.69 Å². The predicted octanol–water partition coefficient (Wildman–Crippen LogP) is 4.53. The average molecular weight is 518 g/mol. The lowest BCUT2D eigenvalue weighted by atomic mass is 9.73. The molecule has 0 aliphatic carbocycles. The summed E-state index contributed by atoms with van der Waals surface area (Å²) in [4.78, 5) is 10.5. The van der Waals surface area contributed by atoms with Gasteiger partial charge in [0, 0.05) is 48.9 Å². The normalized spacial score (nSPS) is 19.9. The molecular weight excluding hydrogens is 491 g/mol. The Morgan fingerprint density at radius 2 is 1.69 bits per heavy atom. The summed E-state index contributed by atoms with van der Waals surface area (Å²) in [7, 11) is 0. The molecule has 3 aromatic rings. The molecule has 0 amide bonds. The Morgan fingerprint density at radius 3 is 2.39 bits per heavy atom. The van der Waals surface area contributed by atoms with Gasteiger partial charge in [-0.25, -0.2) is 4.98 Å². The summed E-state index contributed by atoms with van der Waals surface area (Å²) in [6.45, 7) is 8.92. The van der Waals surface area contributed by atoms with Crippen molar-refractivity contribution in [3.63, 3.8) is 0 Å². The number of halogens is 4. The molecule has 0 radical (unpaired) electrons. The largest absolute Gasteiger partial charge is 0.403 e. The van der Waals surface area contributed by atoms with Crippen LogP contribution in [0.5, 0.6) is 0 Å². The van der Waals surface area contributed by atoms with E-state index >= 15 is 0 Å². The molecule has 2 aromatic heterocycles. The van der Waals surface area contributed by atoms with Crippen LogP contribution in [-0.2, 0) is 13.1 Å². The number of fused-ring (bicyclic) bond motifs is 3. The van der Waals surface area contributed by atoms with Gasteiger partial charge in [0.15, 0.2) is 5.82 Å². The van der Waals surface area contributed by atoms with E-state index in [0.717, 1.165) is 48.9 Å². The van der Waals surface area contributed by atoms with Crippen molar-refractivity contribution in [3.8, 4) is 5.69 Å². The second-order valence-corrected chi connectivity index (χ2v) is 10.9. The van der Waals surface area contributed by atoms with Crippen molar-refractivity contribution in [2.75, 3.05) is 36.0 Å². The van der Waals surface area contributed by atoms with Crippen LogP contribution in [-0.4, -0.2) is 63.0 Å². The highest BCUT2D eigenvalue weighted by Gasteiger charge is 2.53. The Bertz CT molecular complexity index is 1300. The molecule has 1 unspecified atom stereocenters. The standard InChI is InChI=1S/C25H27ClF3N7/c1-15-6-16(2)30-21(7-15)34-11-24(12-34)13-35(14-24)23-32-31-22-10-33(17(3)25(27,28)29)9-18-8-19(26)4-5-20(18)36(22)23/h4-8,17H,9-14H2,1-3H3. The van der Waals surface area contributed by atoms with E-state index in [4.69, 9.17) is 11.6 Å². The highest BCUT2D eigenvalue weighted by Crippen LogP contribution is 2.44. The SMILES string of the molecule is Cc1cc(C)nc(N2CC3(C2)CN(c2nnc4n2-c2ccc(Cl)cc2CN(C(C)C(F)(F)F)C4)C3)c1. The third-order valence-corrected chi connectivity index (χ3v) is 7.77. The number of alkyl halides is 3. The van der Waals surface area contributed by atoms with Gasteiger partial charge in [-0.3, -0.25) is 9.47 Å². The summed E-state index contributed by atoms with van der Waals surface area (Å²) in [5.74, 6) is 2.18. The number of rotatable bonds is 3. The summed E-state index contributed by atoms with van der Waals surface area (Å²) < 4.78 is 42.7. The van der Waals surface area contributed by atoms with Gasteiger partial charge < -0.3 is 9.80 Å². The van der Waals surface area contributed by atoms with Crippen molar-refractivity contribution in [3.05, 3.63) is 58.0 Å². The molecule has 0 saturated carbocycles. The molecule has 6 rings (SSSR count). The summed E-state index contributed by atoms with van der Waals surface area (Å²) in [5.41, 5.74) is 3.88. The van der Waals surface area contributed by atoms with Crippen molar-refractivity contribution in [1.82, 2.24) is 24.6 Å². The Labute approximate surface area is 212 Å². The molecule has 190 valence electrons. The van der Waals surface area contributed by atoms with E-state index in [-0.39, 0.29) is 18.5 Å². The Balaban J connectivity index is 1.25. The zero-order chi connectivity index (χ0) is 25.4. The van der Waals surface area contributed by atoms with E-state index in [1.54, 1.807) is 12.1 Å². The third-order valence-electron chi connectivity index (χ3n) is 7.53. The number of aryl methyl sites for hydroxylation is 2. The first-order valence-electron chi connectivity index (χ1n) is 12.0. The Hall–Kier alpha value is -2.85. The van der Waals surface area contributed by atoms with Crippen LogP contribution in [0.1, 0.15) is 29.6 Å². The molecule has 7 nitrogen and oxygen atoms in total. The predicted molar refractivity (Wildman–Crippen MR) is 132 cm³/mol. The minimum Gasteiger partial charge on any atom is -0.355 e. The first-order valence-corrected chi connectivity index (χ1v) is 12.4. The maximum Gasteiger partial charge on any atom is 0.403 e. The number of benzene rings is 1. The van der Waals surface area contributed by atoms with Crippen LogP contribution in [0, 0.1) is 19.3 Å². The van der Waals surface area contributed by atoms with Gasteiger partial charge in [0.1, 0.15) is 11.9 Å². The molecule has 1 aromatic carbocycles. The van der Waals surface area contributed by atoms with Gasteiger partial charge in [-0.1, -0.05) is 11.6 Å².